The van der Waals surface area contributed by atoms with Crippen molar-refractivity contribution in [1.82, 2.24) is 10.7 Å². The number of amides is 2. The fourth-order valence-electron chi connectivity index (χ4n) is 2.04. The number of nitrogens with zero attached hydrogens (tertiary/aromatic N) is 1. The lowest BCUT2D eigenvalue weighted by Crippen LogP contribution is -2.37. The van der Waals surface area contributed by atoms with Gasteiger partial charge in [-0.1, -0.05) is 68.4 Å². The summed E-state index contributed by atoms with van der Waals surface area (Å²) in [5.74, 6) is -1.05. The summed E-state index contributed by atoms with van der Waals surface area (Å²) in [7, 11) is 0. The topological polar surface area (TPSA) is 70.6 Å². The predicted molar refractivity (Wildman–Crippen MR) is 94.6 cm³/mol. The second-order valence-electron chi connectivity index (χ2n) is 5.69. The highest BCUT2D eigenvalue weighted by molar-refractivity contribution is 6.35. The molecule has 0 saturated carbocycles. The summed E-state index contributed by atoms with van der Waals surface area (Å²) in [5, 5.41) is 6.35. The SMILES string of the molecule is CC(C)c1ccc(C=NNC(=O)C(=O)NCc2ccccc2)cc1. The van der Waals surface area contributed by atoms with Gasteiger partial charge in [-0.2, -0.15) is 5.10 Å². The molecule has 0 bridgehead atoms. The quantitative estimate of drug-likeness (QED) is 0.504. The summed E-state index contributed by atoms with van der Waals surface area (Å²) in [5.41, 5.74) is 5.23. The Morgan fingerprint density at radius 2 is 1.67 bits per heavy atom. The fraction of sp³-hybridized carbons (Fsp3) is 0.211. The van der Waals surface area contributed by atoms with E-state index in [-0.39, 0.29) is 0 Å². The average Bonchev–Trinajstić information content (AvgIpc) is 2.61. The molecular weight excluding hydrogens is 302 g/mol. The molecule has 2 aromatic carbocycles. The third-order valence-electron chi connectivity index (χ3n) is 3.48. The fourth-order valence-corrected chi connectivity index (χ4v) is 2.04. The van der Waals surface area contributed by atoms with Crippen molar-refractivity contribution in [3.8, 4) is 0 Å². The van der Waals surface area contributed by atoms with Crippen LogP contribution in [0.25, 0.3) is 0 Å². The second kappa shape index (κ2) is 8.62. The lowest BCUT2D eigenvalue weighted by atomic mass is 10.0. The molecule has 24 heavy (non-hydrogen) atoms. The molecule has 2 N–H and O–H groups in total. The minimum Gasteiger partial charge on any atom is -0.344 e. The van der Waals surface area contributed by atoms with Crippen LogP contribution in [0.2, 0.25) is 0 Å². The standard InChI is InChI=1S/C19H21N3O2/c1-14(2)17-10-8-16(9-11-17)13-21-22-19(24)18(23)20-12-15-6-4-3-5-7-15/h3-11,13-14H,12H2,1-2H3,(H,20,23)(H,22,24). The van der Waals surface area contributed by atoms with Gasteiger partial charge in [0.05, 0.1) is 6.21 Å². The zero-order chi connectivity index (χ0) is 17.4. The summed E-state index contributed by atoms with van der Waals surface area (Å²) in [6, 6.07) is 17.2. The van der Waals surface area contributed by atoms with Gasteiger partial charge in [0.15, 0.2) is 0 Å². The number of carbonyl (C=O) groups excluding carboxylic acids is 2. The molecule has 0 unspecified atom stereocenters. The van der Waals surface area contributed by atoms with Crippen LogP contribution in [-0.2, 0) is 16.1 Å². The van der Waals surface area contributed by atoms with Crippen molar-refractivity contribution in [3.63, 3.8) is 0 Å². The molecular formula is C19H21N3O2. The van der Waals surface area contributed by atoms with Crippen LogP contribution >= 0.6 is 0 Å². The molecule has 2 aromatic rings. The first kappa shape index (κ1) is 17.4. The van der Waals surface area contributed by atoms with Crippen LogP contribution in [-0.4, -0.2) is 18.0 Å². The van der Waals surface area contributed by atoms with E-state index in [9.17, 15) is 9.59 Å². The molecule has 124 valence electrons. The zero-order valence-corrected chi connectivity index (χ0v) is 13.8. The number of benzene rings is 2. The summed E-state index contributed by atoms with van der Waals surface area (Å²) >= 11 is 0. The Balaban J connectivity index is 1.80. The summed E-state index contributed by atoms with van der Waals surface area (Å²) in [6.45, 7) is 4.54. The molecule has 0 aromatic heterocycles. The Kier molecular flexibility index (Phi) is 6.25. The number of hydrogen-bond acceptors (Lipinski definition) is 3. The average molecular weight is 323 g/mol. The molecule has 5 nitrogen and oxygen atoms in total. The Hall–Kier alpha value is -2.95. The number of rotatable bonds is 5. The van der Waals surface area contributed by atoms with Gasteiger partial charge >= 0.3 is 11.8 Å². The molecule has 0 aliphatic rings. The van der Waals surface area contributed by atoms with Crippen LogP contribution in [0, 0.1) is 0 Å². The van der Waals surface area contributed by atoms with E-state index >= 15 is 0 Å². The van der Waals surface area contributed by atoms with E-state index in [4.69, 9.17) is 0 Å². The first-order valence-corrected chi connectivity index (χ1v) is 7.81. The van der Waals surface area contributed by atoms with Crippen LogP contribution in [0.4, 0.5) is 0 Å². The number of hydrazone groups is 1. The van der Waals surface area contributed by atoms with Gasteiger partial charge in [0, 0.05) is 6.54 Å². The van der Waals surface area contributed by atoms with E-state index < -0.39 is 11.8 Å². The highest BCUT2D eigenvalue weighted by Crippen LogP contribution is 2.13. The van der Waals surface area contributed by atoms with Crippen LogP contribution in [0.15, 0.2) is 59.7 Å². The van der Waals surface area contributed by atoms with Crippen molar-refractivity contribution in [2.45, 2.75) is 26.3 Å². The monoisotopic (exact) mass is 323 g/mol. The largest absolute Gasteiger partial charge is 0.344 e. The molecule has 0 aliphatic carbocycles. The lowest BCUT2D eigenvalue weighted by molar-refractivity contribution is -0.139. The number of hydrogen-bond donors (Lipinski definition) is 2. The predicted octanol–water partition coefficient (Wildman–Crippen LogP) is 2.58. The van der Waals surface area contributed by atoms with Crippen molar-refractivity contribution >= 4 is 18.0 Å². The number of carbonyl (C=O) groups is 2. The van der Waals surface area contributed by atoms with Crippen molar-refractivity contribution in [2.75, 3.05) is 0 Å². The molecule has 5 heteroatoms. The van der Waals surface area contributed by atoms with Gasteiger partial charge in [-0.3, -0.25) is 9.59 Å². The first-order chi connectivity index (χ1) is 11.6. The number of nitrogens with one attached hydrogen (secondary N) is 2. The summed E-state index contributed by atoms with van der Waals surface area (Å²) in [6.07, 6.45) is 1.51. The van der Waals surface area contributed by atoms with Crippen molar-refractivity contribution in [3.05, 3.63) is 71.3 Å². The molecule has 0 spiro atoms. The van der Waals surface area contributed by atoms with E-state index in [0.29, 0.717) is 12.5 Å². The minimum atomic E-state index is -0.791. The van der Waals surface area contributed by atoms with Crippen LogP contribution in [0.1, 0.15) is 36.5 Å². The molecule has 0 heterocycles. The van der Waals surface area contributed by atoms with E-state index in [1.807, 2.05) is 54.6 Å². The molecule has 2 amide bonds. The van der Waals surface area contributed by atoms with E-state index in [2.05, 4.69) is 29.7 Å². The zero-order valence-electron chi connectivity index (χ0n) is 13.8. The van der Waals surface area contributed by atoms with Gasteiger partial charge < -0.3 is 5.32 Å². The van der Waals surface area contributed by atoms with Crippen molar-refractivity contribution in [2.24, 2.45) is 5.10 Å². The van der Waals surface area contributed by atoms with Crippen LogP contribution < -0.4 is 10.7 Å². The van der Waals surface area contributed by atoms with E-state index in [1.54, 1.807) is 0 Å². The Morgan fingerprint density at radius 1 is 1.00 bits per heavy atom. The van der Waals surface area contributed by atoms with Gasteiger partial charge in [-0.15, -0.1) is 0 Å². The van der Waals surface area contributed by atoms with Gasteiger partial charge in [-0.25, -0.2) is 5.43 Å². The van der Waals surface area contributed by atoms with Crippen LogP contribution in [0.3, 0.4) is 0 Å². The maximum Gasteiger partial charge on any atom is 0.329 e. The van der Waals surface area contributed by atoms with Crippen molar-refractivity contribution < 1.29 is 9.59 Å². The lowest BCUT2D eigenvalue weighted by Gasteiger charge is -2.05. The Bertz CT molecular complexity index is 707. The Morgan fingerprint density at radius 3 is 2.29 bits per heavy atom. The first-order valence-electron chi connectivity index (χ1n) is 7.81. The molecule has 2 rings (SSSR count). The molecule has 0 radical (unpaired) electrons. The highest BCUT2D eigenvalue weighted by atomic mass is 16.2. The highest BCUT2D eigenvalue weighted by Gasteiger charge is 2.11. The molecule has 0 atom stereocenters. The third kappa shape index (κ3) is 5.35. The normalized spacial score (nSPS) is 10.8. The molecule has 0 saturated heterocycles. The second-order valence-corrected chi connectivity index (χ2v) is 5.69. The van der Waals surface area contributed by atoms with E-state index in [0.717, 1.165) is 11.1 Å². The smallest absolute Gasteiger partial charge is 0.329 e. The van der Waals surface area contributed by atoms with E-state index in [1.165, 1.54) is 11.8 Å². The summed E-state index contributed by atoms with van der Waals surface area (Å²) < 4.78 is 0. The van der Waals surface area contributed by atoms with Gasteiger partial charge in [-0.05, 0) is 22.6 Å². The third-order valence-corrected chi connectivity index (χ3v) is 3.48. The van der Waals surface area contributed by atoms with Gasteiger partial charge in [0.25, 0.3) is 0 Å². The molecule has 0 aliphatic heterocycles. The maximum atomic E-state index is 11.7. The van der Waals surface area contributed by atoms with Crippen LogP contribution in [0.5, 0.6) is 0 Å². The van der Waals surface area contributed by atoms with Gasteiger partial charge in [0.2, 0.25) is 0 Å². The molecule has 0 fully saturated rings. The Labute approximate surface area is 141 Å². The van der Waals surface area contributed by atoms with Crippen molar-refractivity contribution in [1.29, 1.82) is 0 Å². The minimum absolute atomic E-state index is 0.299. The maximum absolute atomic E-state index is 11.7. The van der Waals surface area contributed by atoms with Gasteiger partial charge in [0.1, 0.15) is 0 Å². The summed E-state index contributed by atoms with van der Waals surface area (Å²) in [4.78, 5) is 23.3.